The lowest BCUT2D eigenvalue weighted by molar-refractivity contribution is 0.415. The number of hydrogen-bond acceptors (Lipinski definition) is 5. The number of hydrogen-bond donors (Lipinski definition) is 1. The van der Waals surface area contributed by atoms with Crippen molar-refractivity contribution >= 4 is 17.0 Å². The minimum absolute atomic E-state index is 0.803. The highest BCUT2D eigenvalue weighted by Gasteiger charge is 2.07. The fourth-order valence-corrected chi connectivity index (χ4v) is 2.81. The van der Waals surface area contributed by atoms with Crippen LogP contribution in [0.2, 0.25) is 0 Å². The lowest BCUT2D eigenvalue weighted by Crippen LogP contribution is -2.17. The van der Waals surface area contributed by atoms with Gasteiger partial charge >= 0.3 is 0 Å². The average Bonchev–Trinajstić information content (AvgIpc) is 2.95. The van der Waals surface area contributed by atoms with E-state index in [2.05, 4.69) is 40.6 Å². The Morgan fingerprint density at radius 3 is 3.00 bits per heavy atom. The van der Waals surface area contributed by atoms with Gasteiger partial charge in [-0.25, -0.2) is 4.98 Å². The van der Waals surface area contributed by atoms with Crippen LogP contribution in [-0.2, 0) is 13.1 Å². The highest BCUT2D eigenvalue weighted by Crippen LogP contribution is 2.21. The topological polar surface area (TPSA) is 37.4 Å². The Morgan fingerprint density at radius 1 is 1.38 bits per heavy atom. The van der Waals surface area contributed by atoms with Gasteiger partial charge in [-0.2, -0.15) is 0 Å². The zero-order valence-electron chi connectivity index (χ0n) is 12.9. The number of thiazole rings is 1. The highest BCUT2D eigenvalue weighted by molar-refractivity contribution is 7.09. The summed E-state index contributed by atoms with van der Waals surface area (Å²) in [6, 6.07) is 8.08. The van der Waals surface area contributed by atoms with Gasteiger partial charge in [-0.1, -0.05) is 13.0 Å². The van der Waals surface area contributed by atoms with Crippen LogP contribution in [0.25, 0.3) is 0 Å². The molecule has 0 fully saturated rings. The molecule has 2 aromatic rings. The molecule has 0 aliphatic carbocycles. The summed E-state index contributed by atoms with van der Waals surface area (Å²) in [5.74, 6) is 0.877. The zero-order chi connectivity index (χ0) is 15.1. The van der Waals surface area contributed by atoms with E-state index in [1.165, 1.54) is 0 Å². The lowest BCUT2D eigenvalue weighted by atomic mass is 10.2. The van der Waals surface area contributed by atoms with Gasteiger partial charge in [0, 0.05) is 30.7 Å². The fourth-order valence-electron chi connectivity index (χ4n) is 2.06. The third kappa shape index (κ3) is 4.72. The molecule has 1 aromatic carbocycles. The van der Waals surface area contributed by atoms with Crippen LogP contribution in [0.3, 0.4) is 0 Å². The zero-order valence-corrected chi connectivity index (χ0v) is 13.7. The van der Waals surface area contributed by atoms with Gasteiger partial charge in [0.2, 0.25) is 0 Å². The first-order valence-electron chi connectivity index (χ1n) is 7.22. The number of aromatic nitrogens is 1. The largest absolute Gasteiger partial charge is 0.497 e. The molecule has 0 bridgehead atoms. The van der Waals surface area contributed by atoms with Gasteiger partial charge in [0.05, 0.1) is 19.3 Å². The maximum absolute atomic E-state index is 5.27. The predicted octanol–water partition coefficient (Wildman–Crippen LogP) is 3.29. The Morgan fingerprint density at radius 2 is 2.24 bits per heavy atom. The summed E-state index contributed by atoms with van der Waals surface area (Å²) in [6.45, 7) is 4.88. The maximum atomic E-state index is 5.27. The van der Waals surface area contributed by atoms with E-state index in [4.69, 9.17) is 4.74 Å². The summed E-state index contributed by atoms with van der Waals surface area (Å²) in [7, 11) is 3.76. The molecule has 0 amide bonds. The number of anilines is 1. The molecule has 0 aliphatic rings. The van der Waals surface area contributed by atoms with Crippen LogP contribution >= 0.6 is 11.3 Å². The minimum Gasteiger partial charge on any atom is -0.497 e. The Bertz CT molecular complexity index is 556. The van der Waals surface area contributed by atoms with E-state index in [1.807, 2.05) is 18.2 Å². The van der Waals surface area contributed by atoms with Gasteiger partial charge in [0.1, 0.15) is 10.8 Å². The van der Waals surface area contributed by atoms with Crippen LogP contribution in [0.1, 0.15) is 24.0 Å². The monoisotopic (exact) mass is 305 g/mol. The molecule has 0 aliphatic heterocycles. The van der Waals surface area contributed by atoms with Gasteiger partial charge in [0.15, 0.2) is 0 Å². The van der Waals surface area contributed by atoms with Crippen molar-refractivity contribution in [2.45, 2.75) is 26.4 Å². The molecule has 1 heterocycles. The summed E-state index contributed by atoms with van der Waals surface area (Å²) < 4.78 is 5.27. The van der Waals surface area contributed by atoms with Gasteiger partial charge in [0.25, 0.3) is 0 Å². The van der Waals surface area contributed by atoms with Crippen molar-refractivity contribution in [3.05, 3.63) is 40.3 Å². The van der Waals surface area contributed by atoms with E-state index in [-0.39, 0.29) is 0 Å². The number of benzene rings is 1. The van der Waals surface area contributed by atoms with Crippen LogP contribution in [0.5, 0.6) is 5.75 Å². The molecule has 1 N–H and O–H groups in total. The van der Waals surface area contributed by atoms with Crippen molar-refractivity contribution in [3.63, 3.8) is 0 Å². The van der Waals surface area contributed by atoms with Crippen LogP contribution in [0.15, 0.2) is 29.6 Å². The first-order valence-corrected chi connectivity index (χ1v) is 8.10. The van der Waals surface area contributed by atoms with Crippen molar-refractivity contribution in [3.8, 4) is 5.75 Å². The van der Waals surface area contributed by atoms with E-state index in [1.54, 1.807) is 18.4 Å². The van der Waals surface area contributed by atoms with Crippen LogP contribution in [-0.4, -0.2) is 25.7 Å². The second-order valence-electron chi connectivity index (χ2n) is 4.97. The Labute approximate surface area is 130 Å². The summed E-state index contributed by atoms with van der Waals surface area (Å²) in [4.78, 5) is 6.85. The van der Waals surface area contributed by atoms with Gasteiger partial charge in [-0.15, -0.1) is 11.3 Å². The lowest BCUT2D eigenvalue weighted by Gasteiger charge is -2.18. The highest BCUT2D eigenvalue weighted by atomic mass is 32.1. The summed E-state index contributed by atoms with van der Waals surface area (Å²) in [5.41, 5.74) is 2.24. The van der Waals surface area contributed by atoms with Crippen molar-refractivity contribution in [1.29, 1.82) is 0 Å². The smallest absolute Gasteiger partial charge is 0.120 e. The van der Waals surface area contributed by atoms with E-state index in [0.29, 0.717) is 0 Å². The molecule has 4 nitrogen and oxygen atoms in total. The number of nitrogens with one attached hydrogen (secondary N) is 1. The molecule has 0 unspecified atom stereocenters. The first kappa shape index (κ1) is 15.8. The van der Waals surface area contributed by atoms with Crippen LogP contribution in [0, 0.1) is 0 Å². The molecular weight excluding hydrogens is 282 g/mol. The van der Waals surface area contributed by atoms with Crippen molar-refractivity contribution in [1.82, 2.24) is 10.3 Å². The molecule has 21 heavy (non-hydrogen) atoms. The van der Waals surface area contributed by atoms with Gasteiger partial charge < -0.3 is 15.0 Å². The summed E-state index contributed by atoms with van der Waals surface area (Å²) >= 11 is 1.72. The number of nitrogens with zero attached hydrogens (tertiary/aromatic N) is 2. The van der Waals surface area contributed by atoms with E-state index in [0.717, 1.165) is 48.2 Å². The van der Waals surface area contributed by atoms with Gasteiger partial charge in [-0.05, 0) is 25.1 Å². The Hall–Kier alpha value is -1.59. The summed E-state index contributed by atoms with van der Waals surface area (Å²) in [5, 5.41) is 6.67. The molecule has 0 saturated heterocycles. The first-order chi connectivity index (χ1) is 10.2. The molecule has 0 saturated carbocycles. The second kappa shape index (κ2) is 8.00. The third-order valence-corrected chi connectivity index (χ3v) is 4.09. The molecular formula is C16H23N3OS. The molecule has 2 rings (SSSR count). The van der Waals surface area contributed by atoms with Crippen molar-refractivity contribution in [2.24, 2.45) is 0 Å². The maximum Gasteiger partial charge on any atom is 0.120 e. The molecule has 114 valence electrons. The Kier molecular flexibility index (Phi) is 6.02. The third-order valence-electron chi connectivity index (χ3n) is 3.20. The standard InChI is InChI=1S/C16H23N3OS/c1-4-8-17-10-16-18-13(12-21-16)11-19(2)14-6-5-7-15(9-14)20-3/h5-7,9,12,17H,4,8,10-11H2,1-3H3. The number of methoxy groups -OCH3 is 1. The average molecular weight is 305 g/mol. The molecule has 0 radical (unpaired) electrons. The summed E-state index contributed by atoms with van der Waals surface area (Å²) in [6.07, 6.45) is 1.15. The Balaban J connectivity index is 1.94. The van der Waals surface area contributed by atoms with E-state index in [9.17, 15) is 0 Å². The van der Waals surface area contributed by atoms with Gasteiger partial charge in [-0.3, -0.25) is 0 Å². The fraction of sp³-hybridized carbons (Fsp3) is 0.438. The SMILES string of the molecule is CCCNCc1nc(CN(C)c2cccc(OC)c2)cs1. The predicted molar refractivity (Wildman–Crippen MR) is 89.2 cm³/mol. The van der Waals surface area contributed by atoms with Crippen LogP contribution < -0.4 is 15.0 Å². The molecule has 0 spiro atoms. The van der Waals surface area contributed by atoms with Crippen molar-refractivity contribution < 1.29 is 4.74 Å². The number of rotatable bonds is 8. The molecule has 0 atom stereocenters. The number of ether oxygens (including phenoxy) is 1. The molecule has 1 aromatic heterocycles. The van der Waals surface area contributed by atoms with E-state index >= 15 is 0 Å². The second-order valence-corrected chi connectivity index (χ2v) is 5.91. The normalized spacial score (nSPS) is 10.6. The van der Waals surface area contributed by atoms with E-state index < -0.39 is 0 Å². The molecule has 5 heteroatoms. The minimum atomic E-state index is 0.803. The van der Waals surface area contributed by atoms with Crippen LogP contribution in [0.4, 0.5) is 5.69 Å². The quantitative estimate of drug-likeness (QED) is 0.759. The van der Waals surface area contributed by atoms with Crippen molar-refractivity contribution in [2.75, 3.05) is 25.6 Å².